The van der Waals surface area contributed by atoms with Gasteiger partial charge in [0.05, 0.1) is 35.1 Å². The van der Waals surface area contributed by atoms with Crippen LogP contribution < -0.4 is 5.32 Å². The van der Waals surface area contributed by atoms with Gasteiger partial charge in [-0.1, -0.05) is 12.1 Å². The molecule has 7 heteroatoms. The smallest absolute Gasteiger partial charge is 0.246 e. The maximum Gasteiger partial charge on any atom is 0.246 e. The predicted molar refractivity (Wildman–Crippen MR) is 125 cm³/mol. The summed E-state index contributed by atoms with van der Waals surface area (Å²) in [6.45, 7) is 1.70. The number of nitrogens with one attached hydrogen (secondary N) is 1. The molecule has 0 spiro atoms. The normalized spacial score (nSPS) is 31.7. The number of hydrogen-bond acceptors (Lipinski definition) is 5. The molecule has 34 heavy (non-hydrogen) atoms. The highest BCUT2D eigenvalue weighted by atomic mass is 16.2. The Morgan fingerprint density at radius 1 is 1.12 bits per heavy atom. The standard InChI is InChI=1S/C27H31N5O2/c28-13-18-1-3-19(4-2-18)16-31-17-29-14-23(31)15-30-24-5-6-32(25(24)33)26(34)27-10-20-7-21(11-27)9-22(8-20)12-27/h1-4,14,17,20-22,24,30H,5-12,15-16H2/t20?,21?,22?,24-,27?/m0/s1. The van der Waals surface area contributed by atoms with Gasteiger partial charge in [0.2, 0.25) is 11.8 Å². The Kier molecular flexibility index (Phi) is 5.29. The third-order valence-corrected chi connectivity index (χ3v) is 8.71. The molecule has 2 heterocycles. The second-order valence-corrected chi connectivity index (χ2v) is 11.0. The van der Waals surface area contributed by atoms with Crippen molar-refractivity contribution in [2.45, 2.75) is 64.1 Å². The van der Waals surface area contributed by atoms with Gasteiger partial charge in [0.15, 0.2) is 0 Å². The summed E-state index contributed by atoms with van der Waals surface area (Å²) in [5, 5.41) is 12.4. The van der Waals surface area contributed by atoms with Crippen molar-refractivity contribution < 1.29 is 9.59 Å². The maximum atomic E-state index is 13.6. The van der Waals surface area contributed by atoms with Crippen molar-refractivity contribution in [3.63, 3.8) is 0 Å². The molecule has 1 aromatic carbocycles. The van der Waals surface area contributed by atoms with Crippen LogP contribution in [-0.2, 0) is 22.7 Å². The molecule has 0 unspecified atom stereocenters. The summed E-state index contributed by atoms with van der Waals surface area (Å²) in [6, 6.07) is 9.35. The molecule has 4 saturated carbocycles. The highest BCUT2D eigenvalue weighted by Gasteiger charge is 2.57. The van der Waals surface area contributed by atoms with Gasteiger partial charge in [-0.25, -0.2) is 4.98 Å². The topological polar surface area (TPSA) is 91.0 Å². The van der Waals surface area contributed by atoms with Crippen molar-refractivity contribution in [1.82, 2.24) is 19.8 Å². The number of aromatic nitrogens is 2. The highest BCUT2D eigenvalue weighted by molar-refractivity contribution is 6.01. The average molecular weight is 458 g/mol. The quantitative estimate of drug-likeness (QED) is 0.673. The fourth-order valence-corrected chi connectivity index (χ4v) is 7.48. The van der Waals surface area contributed by atoms with Crippen LogP contribution >= 0.6 is 0 Å². The number of carbonyl (C=O) groups is 2. The van der Waals surface area contributed by atoms with Crippen LogP contribution in [-0.4, -0.2) is 38.9 Å². The fourth-order valence-electron chi connectivity index (χ4n) is 7.48. The number of nitriles is 1. The van der Waals surface area contributed by atoms with E-state index in [4.69, 9.17) is 5.26 Å². The first-order valence-corrected chi connectivity index (χ1v) is 12.6. The van der Waals surface area contributed by atoms with Crippen LogP contribution in [0.3, 0.4) is 0 Å². The number of benzene rings is 1. The lowest BCUT2D eigenvalue weighted by Crippen LogP contribution is -2.55. The largest absolute Gasteiger partial charge is 0.329 e. The van der Waals surface area contributed by atoms with Gasteiger partial charge in [0.25, 0.3) is 0 Å². The van der Waals surface area contributed by atoms with E-state index in [2.05, 4.69) is 16.4 Å². The lowest BCUT2D eigenvalue weighted by atomic mass is 9.49. The van der Waals surface area contributed by atoms with E-state index in [0.29, 0.717) is 49.4 Å². The van der Waals surface area contributed by atoms with E-state index in [1.807, 2.05) is 35.0 Å². The van der Waals surface area contributed by atoms with E-state index in [1.165, 1.54) is 19.3 Å². The van der Waals surface area contributed by atoms with Crippen LogP contribution in [0.2, 0.25) is 0 Å². The molecule has 1 saturated heterocycles. The van der Waals surface area contributed by atoms with Crippen molar-refractivity contribution in [3.05, 3.63) is 53.6 Å². The van der Waals surface area contributed by atoms with Crippen LogP contribution in [0.25, 0.3) is 0 Å². The fraction of sp³-hybridized carbons (Fsp3) is 0.556. The summed E-state index contributed by atoms with van der Waals surface area (Å²) < 4.78 is 2.05. The van der Waals surface area contributed by atoms with Gasteiger partial charge in [-0.3, -0.25) is 14.5 Å². The first kappa shape index (κ1) is 21.5. The zero-order chi connectivity index (χ0) is 23.3. The van der Waals surface area contributed by atoms with E-state index in [1.54, 1.807) is 11.2 Å². The summed E-state index contributed by atoms with van der Waals surface area (Å²) in [5.41, 5.74) is 2.45. The van der Waals surface area contributed by atoms with Crippen molar-refractivity contribution in [2.24, 2.45) is 23.2 Å². The van der Waals surface area contributed by atoms with Crippen molar-refractivity contribution in [1.29, 1.82) is 5.26 Å². The van der Waals surface area contributed by atoms with Gasteiger partial charge in [-0.15, -0.1) is 0 Å². The number of carbonyl (C=O) groups excluding carboxylic acids is 2. The first-order chi connectivity index (χ1) is 16.5. The summed E-state index contributed by atoms with van der Waals surface area (Å²) >= 11 is 0. The number of imidazole rings is 1. The zero-order valence-electron chi connectivity index (χ0n) is 19.4. The molecular weight excluding hydrogens is 426 g/mol. The van der Waals surface area contributed by atoms with Crippen LogP contribution in [0, 0.1) is 34.5 Å². The van der Waals surface area contributed by atoms with Gasteiger partial charge in [0, 0.05) is 25.8 Å². The number of likely N-dealkylation sites (tertiary alicyclic amines) is 1. The van der Waals surface area contributed by atoms with E-state index in [9.17, 15) is 9.59 Å². The molecule has 0 radical (unpaired) electrons. The minimum atomic E-state index is -0.323. The van der Waals surface area contributed by atoms with Crippen molar-refractivity contribution in [3.8, 4) is 6.07 Å². The molecule has 1 aromatic heterocycles. The SMILES string of the molecule is N#Cc1ccc(Cn2cncc2CN[C@H]2CCN(C(=O)C34CC5CC(CC(C5)C3)C4)C2=O)cc1. The molecule has 2 aromatic rings. The Hall–Kier alpha value is -2.98. The van der Waals surface area contributed by atoms with Crippen LogP contribution in [0.4, 0.5) is 0 Å². The zero-order valence-corrected chi connectivity index (χ0v) is 19.4. The van der Waals surface area contributed by atoms with Gasteiger partial charge in [-0.2, -0.15) is 5.26 Å². The number of rotatable bonds is 6. The van der Waals surface area contributed by atoms with Crippen LogP contribution in [0.5, 0.6) is 0 Å². The van der Waals surface area contributed by atoms with Gasteiger partial charge in [-0.05, 0) is 80.4 Å². The molecule has 5 fully saturated rings. The lowest BCUT2D eigenvalue weighted by molar-refractivity contribution is -0.161. The number of amides is 2. The minimum Gasteiger partial charge on any atom is -0.329 e. The summed E-state index contributed by atoms with van der Waals surface area (Å²) in [7, 11) is 0. The summed E-state index contributed by atoms with van der Waals surface area (Å²) in [4.78, 5) is 32.7. The van der Waals surface area contributed by atoms with Crippen molar-refractivity contribution >= 4 is 11.8 Å². The Morgan fingerprint density at radius 3 is 2.44 bits per heavy atom. The second kappa shape index (κ2) is 8.35. The minimum absolute atomic E-state index is 0.0566. The summed E-state index contributed by atoms with van der Waals surface area (Å²) in [5.74, 6) is 2.14. The lowest BCUT2D eigenvalue weighted by Gasteiger charge is -2.56. The van der Waals surface area contributed by atoms with Gasteiger partial charge < -0.3 is 9.88 Å². The van der Waals surface area contributed by atoms with E-state index >= 15 is 0 Å². The first-order valence-electron chi connectivity index (χ1n) is 12.6. The van der Waals surface area contributed by atoms with E-state index in [-0.39, 0.29) is 23.3 Å². The molecular formula is C27H31N5O2. The molecule has 7 rings (SSSR count). The molecule has 7 nitrogen and oxygen atoms in total. The Morgan fingerprint density at radius 2 is 1.79 bits per heavy atom. The van der Waals surface area contributed by atoms with Gasteiger partial charge >= 0.3 is 0 Å². The monoisotopic (exact) mass is 457 g/mol. The highest BCUT2D eigenvalue weighted by Crippen LogP contribution is 2.60. The number of imide groups is 1. The Bertz CT molecular complexity index is 1110. The van der Waals surface area contributed by atoms with Crippen LogP contribution in [0.1, 0.15) is 61.8 Å². The van der Waals surface area contributed by atoms with E-state index in [0.717, 1.165) is 30.5 Å². The van der Waals surface area contributed by atoms with Crippen LogP contribution in [0.15, 0.2) is 36.8 Å². The van der Waals surface area contributed by atoms with Crippen molar-refractivity contribution in [2.75, 3.05) is 6.54 Å². The average Bonchev–Trinajstić information content (AvgIpc) is 3.42. The number of nitrogens with zero attached hydrogens (tertiary/aromatic N) is 4. The molecule has 5 aliphatic rings. The molecule has 1 aliphatic heterocycles. The molecule has 2 amide bonds. The maximum absolute atomic E-state index is 13.6. The second-order valence-electron chi connectivity index (χ2n) is 11.0. The number of hydrogen-bond donors (Lipinski definition) is 1. The molecule has 1 atom stereocenters. The molecule has 1 N–H and O–H groups in total. The Labute approximate surface area is 200 Å². The molecule has 176 valence electrons. The third-order valence-electron chi connectivity index (χ3n) is 8.71. The molecule has 4 aliphatic carbocycles. The third kappa shape index (κ3) is 3.74. The van der Waals surface area contributed by atoms with Gasteiger partial charge in [0.1, 0.15) is 0 Å². The molecule has 4 bridgehead atoms. The van der Waals surface area contributed by atoms with E-state index < -0.39 is 0 Å². The Balaban J connectivity index is 1.08. The predicted octanol–water partition coefficient (Wildman–Crippen LogP) is 3.24. The summed E-state index contributed by atoms with van der Waals surface area (Å²) in [6.07, 6.45) is 11.1.